The Labute approximate surface area is 145 Å². The van der Waals surface area contributed by atoms with Gasteiger partial charge in [-0.1, -0.05) is 42.5 Å². The third-order valence-corrected chi connectivity index (χ3v) is 4.13. The smallest absolute Gasteiger partial charge is 0.331 e. The third-order valence-electron chi connectivity index (χ3n) is 4.13. The maximum absolute atomic E-state index is 13.5. The quantitative estimate of drug-likeness (QED) is 0.635. The lowest BCUT2D eigenvalue weighted by molar-refractivity contribution is -0.148. The van der Waals surface area contributed by atoms with Gasteiger partial charge < -0.3 is 9.64 Å². The normalized spacial score (nSPS) is 13.6. The molecule has 0 fully saturated rings. The monoisotopic (exact) mass is 339 g/mol. The summed E-state index contributed by atoms with van der Waals surface area (Å²) in [5.41, 5.74) is 2.66. The summed E-state index contributed by atoms with van der Waals surface area (Å²) in [5.74, 6) is -1.33. The molecule has 4 nitrogen and oxygen atoms in total. The topological polar surface area (TPSA) is 46.6 Å². The molecule has 0 saturated carbocycles. The number of rotatable bonds is 4. The van der Waals surface area contributed by atoms with E-state index >= 15 is 0 Å². The van der Waals surface area contributed by atoms with Gasteiger partial charge in [0.05, 0.1) is 0 Å². The average Bonchev–Trinajstić information content (AvgIpc) is 2.65. The molecule has 2 aromatic rings. The van der Waals surface area contributed by atoms with Gasteiger partial charge in [0.2, 0.25) is 0 Å². The Balaban J connectivity index is 1.51. The lowest BCUT2D eigenvalue weighted by Crippen LogP contribution is -2.38. The van der Waals surface area contributed by atoms with Gasteiger partial charge in [0.25, 0.3) is 5.91 Å². The first-order valence-corrected chi connectivity index (χ1v) is 8.07. The number of hydrogen-bond acceptors (Lipinski definition) is 3. The fraction of sp³-hybridized carbons (Fsp3) is 0.200. The van der Waals surface area contributed by atoms with Gasteiger partial charge in [-0.25, -0.2) is 9.18 Å². The molecule has 5 heteroatoms. The number of fused-ring (bicyclic) bond motifs is 1. The van der Waals surface area contributed by atoms with Gasteiger partial charge in [-0.3, -0.25) is 4.79 Å². The second-order valence-corrected chi connectivity index (χ2v) is 5.80. The van der Waals surface area contributed by atoms with Crippen molar-refractivity contribution in [2.75, 3.05) is 13.2 Å². The second-order valence-electron chi connectivity index (χ2n) is 5.80. The van der Waals surface area contributed by atoms with Crippen LogP contribution in [-0.2, 0) is 27.3 Å². The Hall–Kier alpha value is -2.95. The molecule has 25 heavy (non-hydrogen) atoms. The Bertz CT molecular complexity index is 816. The van der Waals surface area contributed by atoms with Crippen LogP contribution >= 0.6 is 0 Å². The van der Waals surface area contributed by atoms with Crippen LogP contribution in [-0.4, -0.2) is 29.9 Å². The van der Waals surface area contributed by atoms with E-state index in [1.165, 1.54) is 17.7 Å². The first-order valence-electron chi connectivity index (χ1n) is 8.07. The van der Waals surface area contributed by atoms with Crippen LogP contribution in [0.4, 0.5) is 4.39 Å². The van der Waals surface area contributed by atoms with Crippen LogP contribution in [0.1, 0.15) is 16.7 Å². The predicted octanol–water partition coefficient (Wildman–Crippen LogP) is 2.97. The van der Waals surface area contributed by atoms with Crippen molar-refractivity contribution in [3.8, 4) is 0 Å². The molecule has 0 spiro atoms. The average molecular weight is 339 g/mol. The van der Waals surface area contributed by atoms with Crippen molar-refractivity contribution in [1.82, 2.24) is 4.90 Å². The highest BCUT2D eigenvalue weighted by atomic mass is 19.1. The molecule has 1 amide bonds. The summed E-state index contributed by atoms with van der Waals surface area (Å²) in [4.78, 5) is 25.6. The zero-order chi connectivity index (χ0) is 17.6. The molecular weight excluding hydrogens is 321 g/mol. The highest BCUT2D eigenvalue weighted by Gasteiger charge is 2.20. The molecule has 0 saturated heterocycles. The molecule has 1 aliphatic rings. The van der Waals surface area contributed by atoms with E-state index in [4.69, 9.17) is 4.74 Å². The van der Waals surface area contributed by atoms with Crippen LogP contribution in [0.2, 0.25) is 0 Å². The minimum Gasteiger partial charge on any atom is -0.452 e. The zero-order valence-corrected chi connectivity index (χ0v) is 13.7. The fourth-order valence-corrected chi connectivity index (χ4v) is 2.75. The van der Waals surface area contributed by atoms with Crippen molar-refractivity contribution in [3.63, 3.8) is 0 Å². The van der Waals surface area contributed by atoms with Gasteiger partial charge in [0, 0.05) is 24.7 Å². The van der Waals surface area contributed by atoms with Gasteiger partial charge in [-0.15, -0.1) is 0 Å². The van der Waals surface area contributed by atoms with Crippen LogP contribution in [0.15, 0.2) is 54.6 Å². The van der Waals surface area contributed by atoms with E-state index in [9.17, 15) is 14.0 Å². The largest absolute Gasteiger partial charge is 0.452 e. The van der Waals surface area contributed by atoms with Gasteiger partial charge in [-0.2, -0.15) is 0 Å². The van der Waals surface area contributed by atoms with Crippen molar-refractivity contribution in [1.29, 1.82) is 0 Å². The molecule has 0 atom stereocenters. The minimum atomic E-state index is -0.672. The number of carbonyl (C=O) groups excluding carboxylic acids is 2. The number of carbonyl (C=O) groups is 2. The Morgan fingerprint density at radius 2 is 1.80 bits per heavy atom. The first-order chi connectivity index (χ1) is 12.1. The van der Waals surface area contributed by atoms with Crippen molar-refractivity contribution in [2.24, 2.45) is 0 Å². The molecule has 0 N–H and O–H groups in total. The standard InChI is InChI=1S/C20H18FNO3/c21-18-8-4-3-6-16(18)9-10-20(24)25-14-19(23)22-12-11-15-5-1-2-7-17(15)13-22/h1-10H,11-14H2/b10-9+. The van der Waals surface area contributed by atoms with E-state index in [2.05, 4.69) is 6.07 Å². The predicted molar refractivity (Wildman–Crippen MR) is 92.0 cm³/mol. The van der Waals surface area contributed by atoms with Gasteiger partial charge in [-0.05, 0) is 29.7 Å². The van der Waals surface area contributed by atoms with E-state index < -0.39 is 11.8 Å². The van der Waals surface area contributed by atoms with Crippen LogP contribution < -0.4 is 0 Å². The Morgan fingerprint density at radius 1 is 1.08 bits per heavy atom. The number of ether oxygens (including phenoxy) is 1. The molecule has 2 aromatic carbocycles. The van der Waals surface area contributed by atoms with E-state index in [1.807, 2.05) is 18.2 Å². The molecule has 128 valence electrons. The number of nitrogens with zero attached hydrogens (tertiary/aromatic N) is 1. The SMILES string of the molecule is O=C(/C=C/c1ccccc1F)OCC(=O)N1CCc2ccccc2C1. The van der Waals surface area contributed by atoms with Crippen LogP contribution in [0, 0.1) is 5.82 Å². The van der Waals surface area contributed by atoms with Crippen LogP contribution in [0.25, 0.3) is 6.08 Å². The van der Waals surface area contributed by atoms with Crippen molar-refractivity contribution in [2.45, 2.75) is 13.0 Å². The maximum atomic E-state index is 13.5. The lowest BCUT2D eigenvalue weighted by Gasteiger charge is -2.28. The summed E-state index contributed by atoms with van der Waals surface area (Å²) in [7, 11) is 0. The van der Waals surface area contributed by atoms with E-state index in [0.29, 0.717) is 18.7 Å². The van der Waals surface area contributed by atoms with Crippen molar-refractivity contribution in [3.05, 3.63) is 77.1 Å². The summed E-state index contributed by atoms with van der Waals surface area (Å²) >= 11 is 0. The van der Waals surface area contributed by atoms with E-state index in [0.717, 1.165) is 18.1 Å². The number of amides is 1. The molecule has 0 radical (unpaired) electrons. The first kappa shape index (κ1) is 16.9. The molecule has 0 bridgehead atoms. The molecule has 0 aromatic heterocycles. The Kier molecular flexibility index (Phi) is 5.23. The van der Waals surface area contributed by atoms with Gasteiger partial charge in [0.1, 0.15) is 5.82 Å². The van der Waals surface area contributed by atoms with Crippen molar-refractivity contribution < 1.29 is 18.7 Å². The summed E-state index contributed by atoms with van der Waals surface area (Å²) in [5, 5.41) is 0. The number of benzene rings is 2. The number of esters is 1. The van der Waals surface area contributed by atoms with Crippen molar-refractivity contribution >= 4 is 18.0 Å². The van der Waals surface area contributed by atoms with Crippen LogP contribution in [0.3, 0.4) is 0 Å². The maximum Gasteiger partial charge on any atom is 0.331 e. The number of halogens is 1. The Morgan fingerprint density at radius 3 is 2.60 bits per heavy atom. The highest BCUT2D eigenvalue weighted by molar-refractivity contribution is 5.89. The van der Waals surface area contributed by atoms with E-state index in [1.54, 1.807) is 23.1 Å². The third kappa shape index (κ3) is 4.32. The minimum absolute atomic E-state index is 0.234. The highest BCUT2D eigenvalue weighted by Crippen LogP contribution is 2.18. The summed E-state index contributed by atoms with van der Waals surface area (Å²) in [6.07, 6.45) is 3.25. The lowest BCUT2D eigenvalue weighted by atomic mass is 10.00. The summed E-state index contributed by atoms with van der Waals surface area (Å²) in [6.45, 7) is 0.818. The molecular formula is C20H18FNO3. The van der Waals surface area contributed by atoms with Gasteiger partial charge in [0.15, 0.2) is 6.61 Å². The number of hydrogen-bond donors (Lipinski definition) is 0. The zero-order valence-electron chi connectivity index (χ0n) is 13.7. The van der Waals surface area contributed by atoms with Gasteiger partial charge >= 0.3 is 5.97 Å². The molecule has 0 unspecified atom stereocenters. The molecule has 1 aliphatic heterocycles. The fourth-order valence-electron chi connectivity index (χ4n) is 2.75. The van der Waals surface area contributed by atoms with Crippen LogP contribution in [0.5, 0.6) is 0 Å². The molecule has 3 rings (SSSR count). The summed E-state index contributed by atoms with van der Waals surface area (Å²) < 4.78 is 18.4. The van der Waals surface area contributed by atoms with E-state index in [-0.39, 0.29) is 12.5 Å². The molecule has 0 aliphatic carbocycles. The molecule has 1 heterocycles. The summed E-state index contributed by atoms with van der Waals surface area (Å²) in [6, 6.07) is 14.1. The second kappa shape index (κ2) is 7.75.